The van der Waals surface area contributed by atoms with Crippen LogP contribution in [-0.2, 0) is 0 Å². The second kappa shape index (κ2) is 4.57. The van der Waals surface area contributed by atoms with Crippen LogP contribution < -0.4 is 0 Å². The maximum absolute atomic E-state index is 2.57. The molecule has 0 aromatic carbocycles. The van der Waals surface area contributed by atoms with Crippen molar-refractivity contribution in [3.05, 3.63) is 0 Å². The Labute approximate surface area is 121 Å². The minimum absolute atomic E-state index is 0.983. The molecular formula is C11H22I2N2+2. The molecule has 2 bridgehead atoms. The molecule has 4 heteroatoms. The Hall–Kier alpha value is 1.38. The molecule has 0 amide bonds. The Morgan fingerprint density at radius 3 is 1.47 bits per heavy atom. The van der Waals surface area contributed by atoms with Gasteiger partial charge in [0, 0.05) is 0 Å². The van der Waals surface area contributed by atoms with E-state index in [4.69, 9.17) is 0 Å². The zero-order valence-corrected chi connectivity index (χ0v) is 14.1. The standard InChI is InChI=1S/C11H22I2N2/c1-14(8-12)4-10-3-11(5-14)7-15(2,6-10)9-13/h10-11H,3-9H2,1-2H3/q+2. The van der Waals surface area contributed by atoms with Gasteiger partial charge in [-0.25, -0.2) is 0 Å². The van der Waals surface area contributed by atoms with Crippen molar-refractivity contribution >= 4 is 45.2 Å². The molecule has 2 saturated heterocycles. The van der Waals surface area contributed by atoms with Crippen LogP contribution >= 0.6 is 45.2 Å². The van der Waals surface area contributed by atoms with Crippen LogP contribution in [0.1, 0.15) is 6.42 Å². The Morgan fingerprint density at radius 1 is 0.867 bits per heavy atom. The lowest BCUT2D eigenvalue weighted by Gasteiger charge is -2.51. The minimum atomic E-state index is 0.983. The van der Waals surface area contributed by atoms with Crippen molar-refractivity contribution in [3.8, 4) is 0 Å². The van der Waals surface area contributed by atoms with E-state index in [1.54, 1.807) is 0 Å². The van der Waals surface area contributed by atoms with Gasteiger partial charge in [-0.3, -0.25) is 0 Å². The lowest BCUT2D eigenvalue weighted by Crippen LogP contribution is -2.64. The molecule has 0 spiro atoms. The van der Waals surface area contributed by atoms with Crippen LogP contribution in [0, 0.1) is 11.8 Å². The number of nitrogens with zero attached hydrogens (tertiary/aromatic N) is 2. The lowest BCUT2D eigenvalue weighted by molar-refractivity contribution is -0.952. The molecule has 0 radical (unpaired) electrons. The van der Waals surface area contributed by atoms with E-state index in [-0.39, 0.29) is 0 Å². The van der Waals surface area contributed by atoms with Crippen molar-refractivity contribution in [1.82, 2.24) is 0 Å². The second-order valence-corrected chi connectivity index (χ2v) is 7.54. The molecule has 0 aliphatic carbocycles. The van der Waals surface area contributed by atoms with Gasteiger partial charge in [0.05, 0.1) is 52.1 Å². The molecule has 0 aromatic heterocycles. The summed E-state index contributed by atoms with van der Waals surface area (Å²) >= 11 is 5.14. The first-order valence-electron chi connectivity index (χ1n) is 5.78. The highest BCUT2D eigenvalue weighted by atomic mass is 127. The largest absolute Gasteiger partial charge is 0.317 e. The van der Waals surface area contributed by atoms with E-state index in [1.807, 2.05) is 0 Å². The average molecular weight is 436 g/mol. The molecule has 0 atom stereocenters. The van der Waals surface area contributed by atoms with Crippen LogP contribution in [0.25, 0.3) is 0 Å². The summed E-state index contributed by atoms with van der Waals surface area (Å²) in [7, 11) is 4.90. The van der Waals surface area contributed by atoms with E-state index in [0.717, 1.165) is 11.8 Å². The highest BCUT2D eigenvalue weighted by Crippen LogP contribution is 2.35. The fraction of sp³-hybridized carbons (Fsp3) is 1.00. The van der Waals surface area contributed by atoms with Gasteiger partial charge in [0.2, 0.25) is 0 Å². The number of quaternary nitrogens is 2. The second-order valence-electron chi connectivity index (χ2n) is 6.18. The Balaban J connectivity index is 2.09. The zero-order valence-electron chi connectivity index (χ0n) is 9.75. The van der Waals surface area contributed by atoms with Crippen molar-refractivity contribution in [2.45, 2.75) is 6.42 Å². The number of piperidine rings is 2. The van der Waals surface area contributed by atoms with Gasteiger partial charge in [0.15, 0.2) is 0 Å². The Bertz CT molecular complexity index is 209. The first kappa shape index (κ1) is 12.8. The summed E-state index contributed by atoms with van der Waals surface area (Å²) in [5, 5.41) is 0. The Morgan fingerprint density at radius 2 is 1.20 bits per heavy atom. The highest BCUT2D eigenvalue weighted by Gasteiger charge is 2.46. The van der Waals surface area contributed by atoms with E-state index in [2.05, 4.69) is 59.3 Å². The van der Waals surface area contributed by atoms with Crippen LogP contribution in [-0.4, -0.2) is 58.3 Å². The van der Waals surface area contributed by atoms with Gasteiger partial charge >= 0.3 is 0 Å². The summed E-state index contributed by atoms with van der Waals surface area (Å²) in [4.78, 5) is 0. The summed E-state index contributed by atoms with van der Waals surface area (Å²) < 4.78 is 5.21. The van der Waals surface area contributed by atoms with Crippen molar-refractivity contribution in [3.63, 3.8) is 0 Å². The minimum Gasteiger partial charge on any atom is -0.317 e. The molecule has 2 nitrogen and oxygen atoms in total. The van der Waals surface area contributed by atoms with E-state index in [9.17, 15) is 0 Å². The molecule has 15 heavy (non-hydrogen) atoms. The molecule has 2 rings (SSSR count). The quantitative estimate of drug-likeness (QED) is 0.270. The number of alkyl halides is 2. The molecular weight excluding hydrogens is 414 g/mol. The molecule has 0 N–H and O–H groups in total. The number of hydrogen-bond acceptors (Lipinski definition) is 0. The van der Waals surface area contributed by atoms with Gasteiger partial charge in [0.25, 0.3) is 0 Å². The summed E-state index contributed by atoms with van der Waals surface area (Å²) in [5.74, 6) is 1.97. The monoisotopic (exact) mass is 436 g/mol. The first-order chi connectivity index (χ1) is 6.99. The van der Waals surface area contributed by atoms with E-state index in [1.165, 1.54) is 50.7 Å². The van der Waals surface area contributed by atoms with Crippen molar-refractivity contribution in [2.24, 2.45) is 11.8 Å². The van der Waals surface area contributed by atoms with Crippen molar-refractivity contribution in [1.29, 1.82) is 0 Å². The van der Waals surface area contributed by atoms with Crippen LogP contribution in [0.3, 0.4) is 0 Å². The summed E-state index contributed by atoms with van der Waals surface area (Å²) in [6.45, 7) is 5.68. The third-order valence-electron chi connectivity index (χ3n) is 4.04. The number of fused-ring (bicyclic) bond motifs is 2. The van der Waals surface area contributed by atoms with E-state index < -0.39 is 0 Å². The average Bonchev–Trinajstić information content (AvgIpc) is 2.16. The van der Waals surface area contributed by atoms with Crippen LogP contribution in [0.2, 0.25) is 0 Å². The smallest absolute Gasteiger partial charge is 0.129 e. The molecule has 88 valence electrons. The van der Waals surface area contributed by atoms with Gasteiger partial charge in [-0.2, -0.15) is 0 Å². The summed E-state index contributed by atoms with van der Waals surface area (Å²) in [5.41, 5.74) is 0. The van der Waals surface area contributed by atoms with Crippen molar-refractivity contribution in [2.75, 3.05) is 49.4 Å². The summed E-state index contributed by atoms with van der Waals surface area (Å²) in [6, 6.07) is 0. The van der Waals surface area contributed by atoms with Gasteiger partial charge < -0.3 is 8.97 Å². The third-order valence-corrected chi connectivity index (χ3v) is 7.33. The number of likely N-dealkylation sites (tertiary alicyclic amines) is 2. The van der Waals surface area contributed by atoms with E-state index in [0.29, 0.717) is 0 Å². The number of halogens is 2. The molecule has 2 fully saturated rings. The topological polar surface area (TPSA) is 0 Å². The predicted octanol–water partition coefficient (Wildman–Crippen LogP) is 2.31. The summed E-state index contributed by atoms with van der Waals surface area (Å²) in [6.07, 6.45) is 1.51. The SMILES string of the molecule is C[N+]1(CI)CC2CC(C1)C[N+](C)(CI)C2. The number of rotatable bonds is 2. The van der Waals surface area contributed by atoms with Gasteiger partial charge in [-0.05, 0) is 51.6 Å². The van der Waals surface area contributed by atoms with Gasteiger partial charge in [0.1, 0.15) is 9.10 Å². The lowest BCUT2D eigenvalue weighted by atomic mass is 9.83. The van der Waals surface area contributed by atoms with Gasteiger partial charge in [-0.1, -0.05) is 0 Å². The molecule has 2 heterocycles. The molecule has 2 aliphatic rings. The molecule has 2 aliphatic heterocycles. The third kappa shape index (κ3) is 2.80. The van der Waals surface area contributed by atoms with Crippen LogP contribution in [0.5, 0.6) is 0 Å². The van der Waals surface area contributed by atoms with Crippen molar-refractivity contribution < 1.29 is 8.97 Å². The maximum atomic E-state index is 2.57. The van der Waals surface area contributed by atoms with Crippen LogP contribution in [0.15, 0.2) is 0 Å². The highest BCUT2D eigenvalue weighted by molar-refractivity contribution is 14.1. The fourth-order valence-corrected chi connectivity index (χ4v) is 4.84. The first-order valence-corrected chi connectivity index (χ1v) is 8.83. The predicted molar refractivity (Wildman–Crippen MR) is 81.2 cm³/mol. The van der Waals surface area contributed by atoms with Gasteiger partial charge in [-0.15, -0.1) is 0 Å². The molecule has 0 unspecified atom stereocenters. The van der Waals surface area contributed by atoms with E-state index >= 15 is 0 Å². The fourth-order valence-electron chi connectivity index (χ4n) is 3.72. The normalized spacial score (nSPS) is 50.4. The number of hydrogen-bond donors (Lipinski definition) is 0. The Kier molecular flexibility index (Phi) is 3.91. The molecule has 0 saturated carbocycles. The zero-order chi connectivity index (χ0) is 11.1. The molecule has 0 aromatic rings. The maximum Gasteiger partial charge on any atom is 0.129 e. The van der Waals surface area contributed by atoms with Crippen LogP contribution in [0.4, 0.5) is 0 Å².